The summed E-state index contributed by atoms with van der Waals surface area (Å²) in [6.07, 6.45) is 6.80. The molecule has 11 aromatic rings. The first-order chi connectivity index (χ1) is 47.6. The minimum atomic E-state index is -0.144. The van der Waals surface area contributed by atoms with Crippen molar-refractivity contribution in [3.05, 3.63) is 299 Å². The predicted molar refractivity (Wildman–Crippen MR) is 396 cm³/mol. The van der Waals surface area contributed by atoms with Gasteiger partial charge in [-0.1, -0.05) is 193 Å². The predicted octanol–water partition coefficient (Wildman–Crippen LogP) is 16.4. The standard InChI is InChI=1S/C24H26O2.C18H20O2.C13H12O2.C12H10O2.C10H8O2.C8H18N2O2/c1-23(2,19-9-13-21(25)14-10-19)17-5-7-18(8-6-17)24(3,4)20-11-15-22(26)16-12-20;19-16-8-4-14(5-9-16)18(12-2-1-3-13-18)15-6-10-17(20)11-7-15;14-12-5-1-10(2-6-12)9-11-3-7-13(15)8-4-11;13-11-5-1-9(2-6-11)10-3-7-12(14)8-4-10;11-9-5-1-3-7-8(9)4-2-6-10(7)12;11-7-5-9-1-2-10(4-3-9)6-8-12/h5-16,25-26H,1-4H3;4-11,19-20H,1-3,12-13H2;1-8,14-15H,9H2;1-8,13-14H;1-6,11-12H;11-12H,1-8H2. The second kappa shape index (κ2) is 35.7. The van der Waals surface area contributed by atoms with E-state index in [4.69, 9.17) is 30.6 Å². The number of aliphatic hydroxyl groups excluding tert-OH is 2. The van der Waals surface area contributed by atoms with Crippen molar-refractivity contribution in [2.75, 3.05) is 52.5 Å². The molecule has 0 amide bonds. The Balaban J connectivity index is 0.000000155. The van der Waals surface area contributed by atoms with E-state index < -0.39 is 0 Å². The molecule has 12 N–H and O–H groups in total. The normalized spacial score (nSPS) is 13.6. The lowest BCUT2D eigenvalue weighted by molar-refractivity contribution is 0.0984. The van der Waals surface area contributed by atoms with E-state index in [1.807, 2.05) is 97.1 Å². The molecule has 99 heavy (non-hydrogen) atoms. The molecule has 0 atom stereocenters. The summed E-state index contributed by atoms with van der Waals surface area (Å²) in [5.74, 6) is 2.67. The van der Waals surface area contributed by atoms with Crippen molar-refractivity contribution in [2.45, 2.75) is 82.5 Å². The Morgan fingerprint density at radius 2 is 0.556 bits per heavy atom. The Labute approximate surface area is 581 Å². The maximum atomic E-state index is 9.53. The maximum absolute atomic E-state index is 9.53. The van der Waals surface area contributed by atoms with Crippen molar-refractivity contribution < 1.29 is 61.3 Å². The highest BCUT2D eigenvalue weighted by Gasteiger charge is 2.36. The smallest absolute Gasteiger partial charge is 0.123 e. The first kappa shape index (κ1) is 74.3. The molecule has 0 radical (unpaired) electrons. The third kappa shape index (κ3) is 21.3. The van der Waals surface area contributed by atoms with Crippen molar-refractivity contribution in [3.63, 3.8) is 0 Å². The number of piperazine rings is 1. The molecule has 1 saturated carbocycles. The number of phenolic OH excluding ortho intramolecular Hbond substituents is 10. The second-order valence-corrected chi connectivity index (χ2v) is 26.0. The van der Waals surface area contributed by atoms with Crippen molar-refractivity contribution >= 4 is 10.8 Å². The first-order valence-electron chi connectivity index (χ1n) is 33.6. The summed E-state index contributed by atoms with van der Waals surface area (Å²) in [6, 6.07) is 77.1. The molecule has 0 aromatic heterocycles. The van der Waals surface area contributed by atoms with Crippen LogP contribution < -0.4 is 0 Å². The Morgan fingerprint density at radius 3 is 0.838 bits per heavy atom. The van der Waals surface area contributed by atoms with Crippen LogP contribution in [0.15, 0.2) is 255 Å². The monoisotopic (exact) mass is 1330 g/mol. The second-order valence-electron chi connectivity index (χ2n) is 26.0. The molecule has 0 bridgehead atoms. The molecule has 0 spiro atoms. The van der Waals surface area contributed by atoms with Crippen LogP contribution in [0.3, 0.4) is 0 Å². The van der Waals surface area contributed by atoms with E-state index in [0.29, 0.717) is 22.3 Å². The molecular formula is C85H94N2O12. The fourth-order valence-electron chi connectivity index (χ4n) is 12.4. The molecule has 1 aliphatic carbocycles. The van der Waals surface area contributed by atoms with Crippen LogP contribution in [0, 0.1) is 0 Å². The SMILES string of the molecule is CC(C)(c1ccc(O)cc1)c1ccc(C(C)(C)c2ccc(O)cc2)cc1.OCCN1CCN(CCO)CC1.Oc1ccc(-c2ccc(O)cc2)cc1.Oc1ccc(C2(c3ccc(O)cc3)CCCCC2)cc1.Oc1ccc(Cc2ccc(O)cc2)cc1.Oc1cccc2c(O)cccc12. The summed E-state index contributed by atoms with van der Waals surface area (Å²) in [7, 11) is 0. The fraction of sp³-hybridized carbons (Fsp3) is 0.247. The summed E-state index contributed by atoms with van der Waals surface area (Å²) in [5, 5.41) is 112. The minimum Gasteiger partial charge on any atom is -0.508 e. The summed E-state index contributed by atoms with van der Waals surface area (Å²) in [5.41, 5.74) is 11.4. The number of aliphatic hydroxyl groups is 2. The third-order valence-electron chi connectivity index (χ3n) is 18.6. The molecule has 1 aliphatic heterocycles. The molecule has 13 rings (SSSR count). The average Bonchev–Trinajstić information content (AvgIpc) is 0.793. The van der Waals surface area contributed by atoms with E-state index in [-0.39, 0.29) is 75.5 Å². The highest BCUT2D eigenvalue weighted by atomic mass is 16.3. The van der Waals surface area contributed by atoms with Gasteiger partial charge in [0.05, 0.1) is 13.2 Å². The van der Waals surface area contributed by atoms with E-state index >= 15 is 0 Å². The molecule has 516 valence electrons. The van der Waals surface area contributed by atoms with Gasteiger partial charge in [0, 0.05) is 66.3 Å². The molecule has 1 heterocycles. The lowest BCUT2D eigenvalue weighted by atomic mass is 9.65. The van der Waals surface area contributed by atoms with Crippen LogP contribution in [0.4, 0.5) is 0 Å². The zero-order valence-corrected chi connectivity index (χ0v) is 56.9. The van der Waals surface area contributed by atoms with E-state index in [2.05, 4.69) is 61.8 Å². The van der Waals surface area contributed by atoms with Gasteiger partial charge in [-0.2, -0.15) is 0 Å². The Kier molecular flexibility index (Phi) is 26.8. The molecule has 2 aliphatic rings. The van der Waals surface area contributed by atoms with Gasteiger partial charge in [0.2, 0.25) is 0 Å². The number of aromatic hydroxyl groups is 10. The number of nitrogens with zero attached hydrogens (tertiary/aromatic N) is 2. The van der Waals surface area contributed by atoms with Crippen LogP contribution in [0.2, 0.25) is 0 Å². The summed E-state index contributed by atoms with van der Waals surface area (Å²) in [6.45, 7) is 14.9. The van der Waals surface area contributed by atoms with Crippen LogP contribution >= 0.6 is 0 Å². The molecule has 2 fully saturated rings. The highest BCUT2D eigenvalue weighted by Crippen LogP contribution is 2.46. The van der Waals surface area contributed by atoms with Crippen LogP contribution in [-0.4, -0.2) is 124 Å². The van der Waals surface area contributed by atoms with Crippen molar-refractivity contribution in [2.24, 2.45) is 0 Å². The van der Waals surface area contributed by atoms with Gasteiger partial charge in [0.15, 0.2) is 0 Å². The Morgan fingerprint density at radius 1 is 0.303 bits per heavy atom. The molecule has 14 nitrogen and oxygen atoms in total. The van der Waals surface area contributed by atoms with Gasteiger partial charge < -0.3 is 61.3 Å². The van der Waals surface area contributed by atoms with Crippen molar-refractivity contribution in [1.82, 2.24) is 9.80 Å². The van der Waals surface area contributed by atoms with Crippen LogP contribution in [0.1, 0.15) is 104 Å². The molecule has 0 unspecified atom stereocenters. The number of rotatable bonds is 13. The number of phenols is 10. The zero-order chi connectivity index (χ0) is 71.0. The van der Waals surface area contributed by atoms with Crippen LogP contribution in [0.25, 0.3) is 21.9 Å². The van der Waals surface area contributed by atoms with Crippen LogP contribution in [-0.2, 0) is 22.7 Å². The molecular weight excluding hydrogens is 1240 g/mol. The average molecular weight is 1340 g/mol. The number of benzene rings is 11. The third-order valence-corrected chi connectivity index (χ3v) is 18.6. The Bertz CT molecular complexity index is 3910. The van der Waals surface area contributed by atoms with Crippen molar-refractivity contribution in [1.29, 1.82) is 0 Å². The van der Waals surface area contributed by atoms with Gasteiger partial charge >= 0.3 is 0 Å². The molecule has 14 heteroatoms. The maximum Gasteiger partial charge on any atom is 0.123 e. The fourth-order valence-corrected chi connectivity index (χ4v) is 12.4. The van der Waals surface area contributed by atoms with Gasteiger partial charge in [0.25, 0.3) is 0 Å². The first-order valence-corrected chi connectivity index (χ1v) is 33.6. The van der Waals surface area contributed by atoms with Gasteiger partial charge in [0.1, 0.15) is 57.5 Å². The number of fused-ring (bicyclic) bond motifs is 1. The summed E-state index contributed by atoms with van der Waals surface area (Å²) < 4.78 is 0. The van der Waals surface area contributed by atoms with Crippen molar-refractivity contribution in [3.8, 4) is 68.6 Å². The van der Waals surface area contributed by atoms with Gasteiger partial charge in [-0.3, -0.25) is 9.80 Å². The lowest BCUT2D eigenvalue weighted by Crippen LogP contribution is -2.47. The number of β-amino-alcohol motifs (C(OH)–C–C–N with tert-alkyl or cyclic N) is 2. The van der Waals surface area contributed by atoms with Gasteiger partial charge in [-0.15, -0.1) is 0 Å². The minimum absolute atomic E-state index is 0.0274. The summed E-state index contributed by atoms with van der Waals surface area (Å²) >= 11 is 0. The largest absolute Gasteiger partial charge is 0.508 e. The van der Waals surface area contributed by atoms with E-state index in [9.17, 15) is 30.6 Å². The molecule has 11 aromatic carbocycles. The summed E-state index contributed by atoms with van der Waals surface area (Å²) in [4.78, 5) is 4.49. The number of hydrogen-bond donors (Lipinski definition) is 12. The Hall–Kier alpha value is -10.5. The molecule has 1 saturated heterocycles. The quantitative estimate of drug-likeness (QED) is 0.0513. The van der Waals surface area contributed by atoms with E-state index in [1.54, 1.807) is 133 Å². The topological polar surface area (TPSA) is 249 Å². The lowest BCUT2D eigenvalue weighted by Gasteiger charge is -2.38. The van der Waals surface area contributed by atoms with Gasteiger partial charge in [-0.25, -0.2) is 0 Å². The zero-order valence-electron chi connectivity index (χ0n) is 56.9. The van der Waals surface area contributed by atoms with E-state index in [1.165, 1.54) is 52.6 Å². The number of hydrogen-bond acceptors (Lipinski definition) is 14. The van der Waals surface area contributed by atoms with E-state index in [0.717, 1.165) is 80.8 Å². The van der Waals surface area contributed by atoms with Gasteiger partial charge in [-0.05, 0) is 184 Å². The highest BCUT2D eigenvalue weighted by molar-refractivity contribution is 5.92. The van der Waals surface area contributed by atoms with Crippen LogP contribution in [0.5, 0.6) is 57.5 Å².